The van der Waals surface area contributed by atoms with Crippen molar-refractivity contribution in [1.29, 1.82) is 0 Å². The van der Waals surface area contributed by atoms with Gasteiger partial charge in [0, 0.05) is 0 Å². The molecule has 23 heavy (non-hydrogen) atoms. The molecule has 4 heteroatoms. The molecule has 1 saturated heterocycles. The Morgan fingerprint density at radius 1 is 1.09 bits per heavy atom. The second-order valence-corrected chi connectivity index (χ2v) is 5.55. The van der Waals surface area contributed by atoms with E-state index in [0.717, 1.165) is 36.8 Å². The van der Waals surface area contributed by atoms with Crippen LogP contribution in [0, 0.1) is 0 Å². The molecule has 0 amide bonds. The van der Waals surface area contributed by atoms with Crippen LogP contribution in [-0.2, 0) is 4.74 Å². The summed E-state index contributed by atoms with van der Waals surface area (Å²) in [4.78, 5) is 0. The zero-order valence-corrected chi connectivity index (χ0v) is 13.5. The standard InChI is InChI=1S/C19H23NO3/c1-2-21-16-10-6-7-11-17(16)23-19(15-8-4-3-5-9-15)18-14-20-12-13-22-18/h3-11,18-20H,2,12-14H2,1H3/p+1. The third-order valence-electron chi connectivity index (χ3n) is 3.92. The summed E-state index contributed by atoms with van der Waals surface area (Å²) in [5.41, 5.74) is 1.12. The highest BCUT2D eigenvalue weighted by atomic mass is 16.6. The highest BCUT2D eigenvalue weighted by Crippen LogP contribution is 2.33. The summed E-state index contributed by atoms with van der Waals surface area (Å²) < 4.78 is 18.0. The Bertz CT molecular complexity index is 597. The minimum absolute atomic E-state index is 0.0285. The number of ether oxygens (including phenoxy) is 3. The fourth-order valence-corrected chi connectivity index (χ4v) is 2.82. The Morgan fingerprint density at radius 2 is 1.83 bits per heavy atom. The van der Waals surface area contributed by atoms with Gasteiger partial charge in [0.05, 0.1) is 19.8 Å². The second kappa shape index (κ2) is 7.99. The summed E-state index contributed by atoms with van der Waals surface area (Å²) in [6.45, 7) is 5.25. The summed E-state index contributed by atoms with van der Waals surface area (Å²) in [6.07, 6.45) is -0.116. The molecule has 1 aliphatic heterocycles. The maximum atomic E-state index is 6.35. The fraction of sp³-hybridized carbons (Fsp3) is 0.368. The molecule has 1 aliphatic rings. The molecule has 1 heterocycles. The van der Waals surface area contributed by atoms with Crippen LogP contribution in [0.2, 0.25) is 0 Å². The van der Waals surface area contributed by atoms with Crippen LogP contribution in [0.25, 0.3) is 0 Å². The normalized spacial score (nSPS) is 19.1. The minimum atomic E-state index is -0.144. The van der Waals surface area contributed by atoms with Crippen LogP contribution in [0.4, 0.5) is 0 Å². The summed E-state index contributed by atoms with van der Waals surface area (Å²) in [6, 6.07) is 18.1. The van der Waals surface area contributed by atoms with Gasteiger partial charge in [-0.05, 0) is 24.6 Å². The number of benzene rings is 2. The van der Waals surface area contributed by atoms with Gasteiger partial charge in [-0.1, -0.05) is 42.5 Å². The summed E-state index contributed by atoms with van der Waals surface area (Å²) >= 11 is 0. The molecule has 122 valence electrons. The van der Waals surface area contributed by atoms with Gasteiger partial charge in [-0.25, -0.2) is 0 Å². The maximum absolute atomic E-state index is 6.35. The Morgan fingerprint density at radius 3 is 2.52 bits per heavy atom. The number of quaternary nitrogens is 1. The second-order valence-electron chi connectivity index (χ2n) is 5.55. The average Bonchev–Trinajstić information content (AvgIpc) is 2.63. The van der Waals surface area contributed by atoms with Crippen molar-refractivity contribution < 1.29 is 19.5 Å². The lowest BCUT2D eigenvalue weighted by molar-refractivity contribution is -0.678. The average molecular weight is 314 g/mol. The van der Waals surface area contributed by atoms with Crippen molar-refractivity contribution in [2.24, 2.45) is 0 Å². The monoisotopic (exact) mass is 314 g/mol. The lowest BCUT2D eigenvalue weighted by Gasteiger charge is -2.30. The largest absolute Gasteiger partial charge is 0.490 e. The smallest absolute Gasteiger partial charge is 0.162 e. The summed E-state index contributed by atoms with van der Waals surface area (Å²) in [5, 5.41) is 2.28. The molecule has 2 N–H and O–H groups in total. The number of nitrogens with two attached hydrogens (primary N) is 1. The van der Waals surface area contributed by atoms with E-state index in [1.165, 1.54) is 0 Å². The molecule has 0 aliphatic carbocycles. The van der Waals surface area contributed by atoms with Crippen molar-refractivity contribution in [2.45, 2.75) is 19.1 Å². The van der Waals surface area contributed by atoms with E-state index in [1.807, 2.05) is 49.4 Å². The van der Waals surface area contributed by atoms with E-state index in [-0.39, 0.29) is 12.2 Å². The molecule has 2 atom stereocenters. The van der Waals surface area contributed by atoms with Crippen LogP contribution < -0.4 is 14.8 Å². The zero-order valence-electron chi connectivity index (χ0n) is 13.5. The van der Waals surface area contributed by atoms with Gasteiger partial charge in [-0.15, -0.1) is 0 Å². The zero-order chi connectivity index (χ0) is 15.9. The first kappa shape index (κ1) is 15.8. The molecule has 0 spiro atoms. The third kappa shape index (κ3) is 4.03. The van der Waals surface area contributed by atoms with Crippen LogP contribution in [-0.4, -0.2) is 32.4 Å². The number of hydrogen-bond donors (Lipinski definition) is 1. The number of morpholine rings is 1. The lowest BCUT2D eigenvalue weighted by atomic mass is 10.0. The van der Waals surface area contributed by atoms with Gasteiger partial charge in [-0.3, -0.25) is 0 Å². The van der Waals surface area contributed by atoms with Gasteiger partial charge in [0.2, 0.25) is 0 Å². The van der Waals surface area contributed by atoms with Gasteiger partial charge in [0.15, 0.2) is 17.6 Å². The Kier molecular flexibility index (Phi) is 5.51. The maximum Gasteiger partial charge on any atom is 0.162 e. The van der Waals surface area contributed by atoms with Crippen molar-refractivity contribution in [3.05, 3.63) is 60.2 Å². The van der Waals surface area contributed by atoms with E-state index >= 15 is 0 Å². The molecular weight excluding hydrogens is 290 g/mol. The molecule has 2 aromatic carbocycles. The molecule has 0 saturated carbocycles. The van der Waals surface area contributed by atoms with Crippen LogP contribution in [0.1, 0.15) is 18.6 Å². The third-order valence-corrected chi connectivity index (χ3v) is 3.92. The Hall–Kier alpha value is -2.04. The fourth-order valence-electron chi connectivity index (χ4n) is 2.82. The Labute approximate surface area is 137 Å². The van der Waals surface area contributed by atoms with Crippen molar-refractivity contribution >= 4 is 0 Å². The first-order chi connectivity index (χ1) is 11.4. The van der Waals surface area contributed by atoms with Crippen LogP contribution in [0.3, 0.4) is 0 Å². The van der Waals surface area contributed by atoms with Crippen molar-refractivity contribution in [3.8, 4) is 11.5 Å². The van der Waals surface area contributed by atoms with E-state index in [4.69, 9.17) is 14.2 Å². The molecule has 2 aromatic rings. The van der Waals surface area contributed by atoms with Crippen LogP contribution in [0.5, 0.6) is 11.5 Å². The Balaban J connectivity index is 1.86. The SMILES string of the molecule is CCOc1ccccc1OC(c1ccccc1)C1C[NH2+]CCO1. The molecular formula is C19H24NO3+. The van der Waals surface area contributed by atoms with E-state index in [1.54, 1.807) is 0 Å². The van der Waals surface area contributed by atoms with Gasteiger partial charge in [0.1, 0.15) is 12.6 Å². The van der Waals surface area contributed by atoms with Gasteiger partial charge >= 0.3 is 0 Å². The van der Waals surface area contributed by atoms with Crippen molar-refractivity contribution in [3.63, 3.8) is 0 Å². The lowest BCUT2D eigenvalue weighted by Crippen LogP contribution is -2.90. The number of rotatable bonds is 6. The topological polar surface area (TPSA) is 44.3 Å². The quantitative estimate of drug-likeness (QED) is 0.889. The highest BCUT2D eigenvalue weighted by Gasteiger charge is 2.30. The first-order valence-electron chi connectivity index (χ1n) is 8.25. The predicted octanol–water partition coefficient (Wildman–Crippen LogP) is 2.17. The van der Waals surface area contributed by atoms with E-state index in [9.17, 15) is 0 Å². The van der Waals surface area contributed by atoms with Crippen LogP contribution in [0.15, 0.2) is 54.6 Å². The van der Waals surface area contributed by atoms with E-state index in [0.29, 0.717) is 6.61 Å². The molecule has 0 radical (unpaired) electrons. The number of hydrogen-bond acceptors (Lipinski definition) is 3. The molecule has 0 aromatic heterocycles. The minimum Gasteiger partial charge on any atom is -0.490 e. The van der Waals surface area contributed by atoms with Crippen molar-refractivity contribution in [1.82, 2.24) is 0 Å². The molecule has 1 fully saturated rings. The molecule has 0 bridgehead atoms. The van der Waals surface area contributed by atoms with Gasteiger partial charge < -0.3 is 19.5 Å². The van der Waals surface area contributed by atoms with E-state index in [2.05, 4.69) is 17.4 Å². The van der Waals surface area contributed by atoms with Crippen LogP contribution >= 0.6 is 0 Å². The first-order valence-corrected chi connectivity index (χ1v) is 8.25. The molecule has 4 nitrogen and oxygen atoms in total. The number of para-hydroxylation sites is 2. The predicted molar refractivity (Wildman–Crippen MR) is 88.8 cm³/mol. The summed E-state index contributed by atoms with van der Waals surface area (Å²) in [5.74, 6) is 1.54. The van der Waals surface area contributed by atoms with E-state index < -0.39 is 0 Å². The summed E-state index contributed by atoms with van der Waals surface area (Å²) in [7, 11) is 0. The van der Waals surface area contributed by atoms with Gasteiger partial charge in [-0.2, -0.15) is 0 Å². The molecule has 2 unspecified atom stereocenters. The van der Waals surface area contributed by atoms with Crippen molar-refractivity contribution in [2.75, 3.05) is 26.3 Å². The molecule has 3 rings (SSSR count). The van der Waals surface area contributed by atoms with Gasteiger partial charge in [0.25, 0.3) is 0 Å². The highest BCUT2D eigenvalue weighted by molar-refractivity contribution is 5.40.